The fraction of sp³-hybridized carbons (Fsp3) is 0.689. The minimum atomic E-state index is -0.776. The summed E-state index contributed by atoms with van der Waals surface area (Å²) in [5.41, 5.74) is 6.82. The quantitative estimate of drug-likeness (QED) is 0.121. The number of methoxy groups -OCH3 is 2. The van der Waals surface area contributed by atoms with Crippen molar-refractivity contribution in [3.63, 3.8) is 0 Å². The monoisotopic (exact) mass is 871 g/mol. The number of likely N-dealkylation sites (N-methyl/N-ethyl adjacent to an activating group) is 2. The number of nitrogens with two attached hydrogens (primary N) is 1. The maximum absolute atomic E-state index is 14.4. The number of hydrogen-bond acceptors (Lipinski definition) is 11. The van der Waals surface area contributed by atoms with E-state index in [-0.39, 0.29) is 65.4 Å². The maximum Gasteiger partial charge on any atom is 0.270 e. The Hall–Kier alpha value is -3.96. The molecule has 2 heterocycles. The lowest BCUT2D eigenvalue weighted by Crippen LogP contribution is -2.59. The van der Waals surface area contributed by atoms with Crippen LogP contribution in [0.2, 0.25) is 0 Å². The lowest BCUT2D eigenvalue weighted by Gasteiger charge is -2.41. The van der Waals surface area contributed by atoms with Gasteiger partial charge in [0.2, 0.25) is 23.6 Å². The largest absolute Gasteiger partial charge is 0.379 e. The molecule has 2 aromatic rings. The number of nitrogens with zero attached hydrogens (tertiary/aromatic N) is 4. The van der Waals surface area contributed by atoms with Crippen LogP contribution in [0.15, 0.2) is 35.7 Å². The standard InChI is InChI=1S/C45H74N8O7S/c1-13-29(6)39(52(10)45(58)37(27(2)3)50-43(57)38(28(4)5)51(8)9)35(59-11)25-36(54)53-23-17-20-34(53)40(60-12)30(7)41(55)48-32(24-31-18-15-14-16-19-31)44-49-33(26-61-44)42(56)47-22-21-46/h14-16,18-19,26-30,32,34-35,37-40H,13,17,20-25,46H2,1-12H3,(H,47,56)(H,48,55)(H,50,57)/t29-,30+,32-,34-,35+,37-,38-,39-,40+/m0/s1. The van der Waals surface area contributed by atoms with Crippen molar-refractivity contribution in [3.05, 3.63) is 52.0 Å². The lowest BCUT2D eigenvalue weighted by atomic mass is 9.89. The molecular formula is C45H74N8O7S. The molecule has 3 rings (SSSR count). The van der Waals surface area contributed by atoms with Gasteiger partial charge in [-0.05, 0) is 56.7 Å². The van der Waals surface area contributed by atoms with Gasteiger partial charge in [-0.3, -0.25) is 28.9 Å². The van der Waals surface area contributed by atoms with Crippen LogP contribution in [0.3, 0.4) is 0 Å². The Labute approximate surface area is 368 Å². The second-order valence-electron chi connectivity index (χ2n) is 17.3. The van der Waals surface area contributed by atoms with Crippen LogP contribution in [0.1, 0.15) is 101 Å². The van der Waals surface area contributed by atoms with Gasteiger partial charge in [-0.25, -0.2) is 4.98 Å². The van der Waals surface area contributed by atoms with Crippen LogP contribution in [0.25, 0.3) is 0 Å². The summed E-state index contributed by atoms with van der Waals surface area (Å²) in [6.07, 6.45) is 1.30. The number of aromatic nitrogens is 1. The van der Waals surface area contributed by atoms with Crippen molar-refractivity contribution >= 4 is 40.9 Å². The van der Waals surface area contributed by atoms with Gasteiger partial charge in [-0.1, -0.05) is 85.2 Å². The number of ether oxygens (including phenoxy) is 2. The summed E-state index contributed by atoms with van der Waals surface area (Å²) < 4.78 is 12.1. The topological polar surface area (TPSA) is 189 Å². The Balaban J connectivity index is 1.82. The summed E-state index contributed by atoms with van der Waals surface area (Å²) in [5.74, 6) is -2.04. The molecule has 1 fully saturated rings. The van der Waals surface area contributed by atoms with Crippen molar-refractivity contribution in [2.45, 2.75) is 123 Å². The summed E-state index contributed by atoms with van der Waals surface area (Å²) in [6.45, 7) is 14.8. The molecule has 342 valence electrons. The van der Waals surface area contributed by atoms with Crippen molar-refractivity contribution in [3.8, 4) is 0 Å². The molecule has 5 N–H and O–H groups in total. The van der Waals surface area contributed by atoms with Crippen LogP contribution in [0.4, 0.5) is 0 Å². The fourth-order valence-electron chi connectivity index (χ4n) is 8.59. The van der Waals surface area contributed by atoms with Crippen LogP contribution in [0.5, 0.6) is 0 Å². The zero-order valence-corrected chi connectivity index (χ0v) is 39.4. The first-order valence-corrected chi connectivity index (χ1v) is 22.7. The van der Waals surface area contributed by atoms with E-state index < -0.39 is 42.3 Å². The average molecular weight is 871 g/mol. The number of benzene rings is 1. The molecule has 1 saturated heterocycles. The first kappa shape index (κ1) is 51.4. The molecule has 5 amide bonds. The van der Waals surface area contributed by atoms with Gasteiger partial charge >= 0.3 is 0 Å². The zero-order valence-electron chi connectivity index (χ0n) is 38.6. The highest BCUT2D eigenvalue weighted by Gasteiger charge is 2.43. The number of carbonyl (C=O) groups is 5. The highest BCUT2D eigenvalue weighted by atomic mass is 32.1. The van der Waals surface area contributed by atoms with E-state index in [9.17, 15) is 24.0 Å². The van der Waals surface area contributed by atoms with Gasteiger partial charge in [0.05, 0.1) is 48.7 Å². The molecule has 0 bridgehead atoms. The summed E-state index contributed by atoms with van der Waals surface area (Å²) in [7, 11) is 8.57. The number of nitrogens with one attached hydrogen (secondary N) is 3. The Kier molecular flexibility index (Phi) is 20.7. The van der Waals surface area contributed by atoms with E-state index in [0.717, 1.165) is 18.4 Å². The molecule has 0 unspecified atom stereocenters. The van der Waals surface area contributed by atoms with E-state index in [2.05, 4.69) is 20.9 Å². The SMILES string of the molecule is CC[C@H](C)[C@@H]([C@@H](CC(=O)N1CCC[C@H]1[C@H](OC)[C@@H](C)C(=O)N[C@@H](Cc1ccccc1)c1nc(C(=O)NCCN)cs1)OC)N(C)C(=O)[C@@H](NC(=O)[C@H](C(C)C)N(C)C)C(C)C. The highest BCUT2D eigenvalue weighted by molar-refractivity contribution is 7.09. The molecule has 1 aliphatic rings. The first-order chi connectivity index (χ1) is 28.9. The van der Waals surface area contributed by atoms with Gasteiger partial charge in [0.1, 0.15) is 16.7 Å². The van der Waals surface area contributed by atoms with Crippen molar-refractivity contribution in [1.82, 2.24) is 35.6 Å². The number of likely N-dealkylation sites (tertiary alicyclic amines) is 1. The summed E-state index contributed by atoms with van der Waals surface area (Å²) in [5, 5.41) is 11.3. The molecule has 0 saturated carbocycles. The van der Waals surface area contributed by atoms with Crippen molar-refractivity contribution in [1.29, 1.82) is 0 Å². The molecular weight excluding hydrogens is 797 g/mol. The normalized spacial score (nSPS) is 18.2. The number of amides is 5. The van der Waals surface area contributed by atoms with Crippen LogP contribution >= 0.6 is 11.3 Å². The van der Waals surface area contributed by atoms with Gasteiger partial charge in [-0.2, -0.15) is 0 Å². The number of hydrogen-bond donors (Lipinski definition) is 4. The average Bonchev–Trinajstić information content (AvgIpc) is 3.92. The predicted octanol–water partition coefficient (Wildman–Crippen LogP) is 3.88. The molecule has 9 atom stereocenters. The van der Waals surface area contributed by atoms with Gasteiger partial charge in [0.15, 0.2) is 0 Å². The number of thiazole rings is 1. The number of rotatable bonds is 24. The molecule has 0 spiro atoms. The second-order valence-corrected chi connectivity index (χ2v) is 18.2. The van der Waals surface area contributed by atoms with Crippen molar-refractivity contribution in [2.75, 3.05) is 55.0 Å². The molecule has 0 radical (unpaired) electrons. The summed E-state index contributed by atoms with van der Waals surface area (Å²) in [4.78, 5) is 79.0. The third-order valence-electron chi connectivity index (χ3n) is 12.0. The van der Waals surface area contributed by atoms with E-state index >= 15 is 0 Å². The van der Waals surface area contributed by atoms with E-state index in [1.54, 1.807) is 43.4 Å². The molecule has 1 aliphatic heterocycles. The third kappa shape index (κ3) is 13.8. The summed E-state index contributed by atoms with van der Waals surface area (Å²) in [6, 6.07) is 7.20. The fourth-order valence-corrected chi connectivity index (χ4v) is 9.44. The van der Waals surface area contributed by atoms with E-state index in [0.29, 0.717) is 37.5 Å². The van der Waals surface area contributed by atoms with Crippen LogP contribution in [-0.2, 0) is 35.1 Å². The first-order valence-electron chi connectivity index (χ1n) is 21.8. The molecule has 16 heteroatoms. The maximum atomic E-state index is 14.4. The number of carbonyl (C=O) groups excluding carboxylic acids is 5. The van der Waals surface area contributed by atoms with Gasteiger partial charge < -0.3 is 41.0 Å². The second kappa shape index (κ2) is 24.6. The lowest BCUT2D eigenvalue weighted by molar-refractivity contribution is -0.148. The van der Waals surface area contributed by atoms with E-state index in [4.69, 9.17) is 15.2 Å². The Morgan fingerprint density at radius 1 is 0.951 bits per heavy atom. The van der Waals surface area contributed by atoms with Gasteiger partial charge in [0, 0.05) is 46.3 Å². The Bertz CT molecular complexity index is 1700. The smallest absolute Gasteiger partial charge is 0.270 e. The van der Waals surface area contributed by atoms with Gasteiger partial charge in [-0.15, -0.1) is 11.3 Å². The third-order valence-corrected chi connectivity index (χ3v) is 13.0. The molecule has 15 nitrogen and oxygen atoms in total. The van der Waals surface area contributed by atoms with Crippen LogP contribution < -0.4 is 21.7 Å². The van der Waals surface area contributed by atoms with Crippen LogP contribution in [0, 0.1) is 23.7 Å². The minimum Gasteiger partial charge on any atom is -0.379 e. The minimum absolute atomic E-state index is 0.00971. The van der Waals surface area contributed by atoms with Crippen molar-refractivity contribution in [2.24, 2.45) is 29.4 Å². The van der Waals surface area contributed by atoms with Crippen LogP contribution in [-0.4, -0.2) is 141 Å². The predicted molar refractivity (Wildman–Crippen MR) is 240 cm³/mol. The Morgan fingerprint density at radius 2 is 1.62 bits per heavy atom. The highest BCUT2D eigenvalue weighted by Crippen LogP contribution is 2.31. The van der Waals surface area contributed by atoms with E-state index in [1.165, 1.54) is 11.3 Å². The summed E-state index contributed by atoms with van der Waals surface area (Å²) >= 11 is 1.30. The molecule has 61 heavy (non-hydrogen) atoms. The molecule has 0 aliphatic carbocycles. The molecule has 1 aromatic heterocycles. The van der Waals surface area contributed by atoms with Crippen molar-refractivity contribution < 1.29 is 33.4 Å². The molecule has 1 aromatic carbocycles. The van der Waals surface area contributed by atoms with Gasteiger partial charge in [0.25, 0.3) is 5.91 Å². The zero-order chi connectivity index (χ0) is 45.6. The Morgan fingerprint density at radius 3 is 2.18 bits per heavy atom. The van der Waals surface area contributed by atoms with E-state index in [1.807, 2.05) is 90.9 Å².